The SMILES string of the molecule is CCc1[nH]n2c(=O)cc(-c3cccnc3)nc2c1C. The molecule has 0 saturated heterocycles. The first-order chi connectivity index (χ1) is 9.20. The summed E-state index contributed by atoms with van der Waals surface area (Å²) in [6.07, 6.45) is 4.25. The van der Waals surface area contributed by atoms with Crippen molar-refractivity contribution in [2.75, 3.05) is 0 Å². The van der Waals surface area contributed by atoms with Gasteiger partial charge in [-0.2, -0.15) is 0 Å². The van der Waals surface area contributed by atoms with Gasteiger partial charge in [-0.25, -0.2) is 9.50 Å². The average molecular weight is 254 g/mol. The van der Waals surface area contributed by atoms with Gasteiger partial charge in [0, 0.05) is 35.3 Å². The van der Waals surface area contributed by atoms with E-state index in [0.717, 1.165) is 23.2 Å². The van der Waals surface area contributed by atoms with E-state index in [9.17, 15) is 4.79 Å². The van der Waals surface area contributed by atoms with Crippen molar-refractivity contribution in [1.29, 1.82) is 0 Å². The number of nitrogens with one attached hydrogen (secondary N) is 1. The van der Waals surface area contributed by atoms with Gasteiger partial charge < -0.3 is 0 Å². The van der Waals surface area contributed by atoms with E-state index in [-0.39, 0.29) is 5.56 Å². The molecule has 0 bridgehead atoms. The predicted molar refractivity (Wildman–Crippen MR) is 73.2 cm³/mol. The normalized spacial score (nSPS) is 11.1. The molecule has 0 radical (unpaired) electrons. The van der Waals surface area contributed by atoms with Gasteiger partial charge in [-0.05, 0) is 25.5 Å². The van der Waals surface area contributed by atoms with Crippen LogP contribution in [0.3, 0.4) is 0 Å². The summed E-state index contributed by atoms with van der Waals surface area (Å²) < 4.78 is 1.49. The standard InChI is InChI=1S/C14H14N4O/c1-3-11-9(2)14-16-12(7-13(19)18(14)17-11)10-5-4-6-15-8-10/h4-8,17H,3H2,1-2H3. The topological polar surface area (TPSA) is 63.0 Å². The number of hydrogen-bond donors (Lipinski definition) is 1. The van der Waals surface area contributed by atoms with Gasteiger partial charge in [0.25, 0.3) is 5.56 Å². The molecule has 0 atom stereocenters. The molecule has 5 nitrogen and oxygen atoms in total. The fourth-order valence-electron chi connectivity index (χ4n) is 2.20. The quantitative estimate of drug-likeness (QED) is 0.760. The fraction of sp³-hybridized carbons (Fsp3) is 0.214. The lowest BCUT2D eigenvalue weighted by Gasteiger charge is -2.00. The Bertz CT molecular complexity index is 786. The molecular weight excluding hydrogens is 240 g/mol. The highest BCUT2D eigenvalue weighted by Crippen LogP contribution is 2.17. The lowest BCUT2D eigenvalue weighted by atomic mass is 10.2. The zero-order chi connectivity index (χ0) is 13.4. The average Bonchev–Trinajstić information content (AvgIpc) is 2.77. The van der Waals surface area contributed by atoms with Crippen LogP contribution in [0.15, 0.2) is 35.4 Å². The summed E-state index contributed by atoms with van der Waals surface area (Å²) in [6.45, 7) is 4.02. The van der Waals surface area contributed by atoms with Crippen molar-refractivity contribution in [3.8, 4) is 11.3 Å². The Morgan fingerprint density at radius 2 is 2.26 bits per heavy atom. The molecule has 3 rings (SSSR count). The number of aryl methyl sites for hydroxylation is 2. The highest BCUT2D eigenvalue weighted by atomic mass is 16.1. The van der Waals surface area contributed by atoms with Gasteiger partial charge in [-0.1, -0.05) is 6.92 Å². The number of hydrogen-bond acceptors (Lipinski definition) is 3. The molecule has 3 heterocycles. The molecule has 0 fully saturated rings. The Balaban J connectivity index is 2.30. The van der Waals surface area contributed by atoms with Gasteiger partial charge in [0.2, 0.25) is 0 Å². The Morgan fingerprint density at radius 1 is 1.42 bits per heavy atom. The number of aromatic amines is 1. The molecule has 19 heavy (non-hydrogen) atoms. The summed E-state index contributed by atoms with van der Waals surface area (Å²) in [5, 5.41) is 3.09. The third-order valence-corrected chi connectivity index (χ3v) is 3.26. The molecular formula is C14H14N4O. The minimum absolute atomic E-state index is 0.105. The zero-order valence-corrected chi connectivity index (χ0v) is 10.8. The largest absolute Gasteiger partial charge is 0.293 e. The van der Waals surface area contributed by atoms with E-state index < -0.39 is 0 Å². The van der Waals surface area contributed by atoms with Gasteiger partial charge in [-0.3, -0.25) is 14.9 Å². The van der Waals surface area contributed by atoms with Crippen LogP contribution in [-0.2, 0) is 6.42 Å². The highest BCUT2D eigenvalue weighted by molar-refractivity contribution is 5.62. The van der Waals surface area contributed by atoms with Crippen LogP contribution in [0.2, 0.25) is 0 Å². The Labute approximate surface area is 109 Å². The number of nitrogens with zero attached hydrogens (tertiary/aromatic N) is 3. The van der Waals surface area contributed by atoms with Crippen LogP contribution in [0.5, 0.6) is 0 Å². The maximum atomic E-state index is 12.1. The molecule has 0 aliphatic heterocycles. The van der Waals surface area contributed by atoms with Gasteiger partial charge in [0.1, 0.15) is 0 Å². The van der Waals surface area contributed by atoms with Crippen LogP contribution in [0.25, 0.3) is 16.9 Å². The van der Waals surface area contributed by atoms with Crippen LogP contribution in [0.4, 0.5) is 0 Å². The first-order valence-electron chi connectivity index (χ1n) is 6.22. The number of rotatable bonds is 2. The van der Waals surface area contributed by atoms with E-state index in [1.165, 1.54) is 10.6 Å². The molecule has 5 heteroatoms. The Hall–Kier alpha value is -2.43. The summed E-state index contributed by atoms with van der Waals surface area (Å²) in [4.78, 5) is 20.7. The second kappa shape index (κ2) is 4.35. The third kappa shape index (κ3) is 1.83. The van der Waals surface area contributed by atoms with Crippen molar-refractivity contribution in [2.24, 2.45) is 0 Å². The van der Waals surface area contributed by atoms with Gasteiger partial charge in [-0.15, -0.1) is 0 Å². The monoisotopic (exact) mass is 254 g/mol. The third-order valence-electron chi connectivity index (χ3n) is 3.26. The van der Waals surface area contributed by atoms with Gasteiger partial charge >= 0.3 is 0 Å². The summed E-state index contributed by atoms with van der Waals surface area (Å²) in [5.74, 6) is 0. The predicted octanol–water partition coefficient (Wildman–Crippen LogP) is 1.96. The Morgan fingerprint density at radius 3 is 2.95 bits per heavy atom. The molecule has 0 saturated carbocycles. The second-order valence-electron chi connectivity index (χ2n) is 4.45. The molecule has 0 spiro atoms. The minimum Gasteiger partial charge on any atom is -0.293 e. The first kappa shape index (κ1) is 11.6. The first-order valence-corrected chi connectivity index (χ1v) is 6.22. The van der Waals surface area contributed by atoms with E-state index >= 15 is 0 Å². The van der Waals surface area contributed by atoms with Crippen molar-refractivity contribution in [2.45, 2.75) is 20.3 Å². The molecule has 0 aliphatic carbocycles. The lowest BCUT2D eigenvalue weighted by molar-refractivity contribution is 0.858. The van der Waals surface area contributed by atoms with E-state index in [1.54, 1.807) is 12.4 Å². The highest BCUT2D eigenvalue weighted by Gasteiger charge is 2.11. The van der Waals surface area contributed by atoms with Crippen molar-refractivity contribution in [1.82, 2.24) is 19.6 Å². The van der Waals surface area contributed by atoms with Crippen LogP contribution < -0.4 is 5.56 Å². The molecule has 0 amide bonds. The summed E-state index contributed by atoms with van der Waals surface area (Å²) in [5.41, 5.74) is 4.14. The van der Waals surface area contributed by atoms with Crippen molar-refractivity contribution >= 4 is 5.65 Å². The number of fused-ring (bicyclic) bond motifs is 1. The maximum absolute atomic E-state index is 12.1. The molecule has 0 aliphatic rings. The summed E-state index contributed by atoms with van der Waals surface area (Å²) in [6, 6.07) is 5.26. The van der Waals surface area contributed by atoms with Crippen molar-refractivity contribution in [3.63, 3.8) is 0 Å². The number of pyridine rings is 1. The zero-order valence-electron chi connectivity index (χ0n) is 10.8. The van der Waals surface area contributed by atoms with E-state index in [0.29, 0.717) is 11.3 Å². The van der Waals surface area contributed by atoms with Gasteiger partial charge in [0.05, 0.1) is 5.69 Å². The van der Waals surface area contributed by atoms with Crippen LogP contribution >= 0.6 is 0 Å². The minimum atomic E-state index is -0.105. The summed E-state index contributed by atoms with van der Waals surface area (Å²) >= 11 is 0. The fourth-order valence-corrected chi connectivity index (χ4v) is 2.20. The maximum Gasteiger partial charge on any atom is 0.273 e. The van der Waals surface area contributed by atoms with Gasteiger partial charge in [0.15, 0.2) is 5.65 Å². The summed E-state index contributed by atoms with van der Waals surface area (Å²) in [7, 11) is 0. The van der Waals surface area contributed by atoms with Crippen LogP contribution in [0.1, 0.15) is 18.2 Å². The molecule has 3 aromatic rings. The number of aromatic nitrogens is 4. The number of H-pyrrole nitrogens is 1. The second-order valence-corrected chi connectivity index (χ2v) is 4.45. The Kier molecular flexibility index (Phi) is 2.67. The van der Waals surface area contributed by atoms with Crippen molar-refractivity contribution < 1.29 is 0 Å². The van der Waals surface area contributed by atoms with Crippen LogP contribution in [0, 0.1) is 6.92 Å². The molecule has 1 N–H and O–H groups in total. The molecule has 96 valence electrons. The smallest absolute Gasteiger partial charge is 0.273 e. The van der Waals surface area contributed by atoms with Crippen molar-refractivity contribution in [3.05, 3.63) is 52.2 Å². The molecule has 3 aromatic heterocycles. The van der Waals surface area contributed by atoms with E-state index in [2.05, 4.69) is 15.1 Å². The van der Waals surface area contributed by atoms with Crippen LogP contribution in [-0.4, -0.2) is 19.6 Å². The van der Waals surface area contributed by atoms with E-state index in [4.69, 9.17) is 0 Å². The van der Waals surface area contributed by atoms with E-state index in [1.807, 2.05) is 26.0 Å². The lowest BCUT2D eigenvalue weighted by Crippen LogP contribution is -2.14. The molecule has 0 unspecified atom stereocenters. The molecule has 0 aromatic carbocycles.